The van der Waals surface area contributed by atoms with Crippen molar-refractivity contribution in [3.05, 3.63) is 29.3 Å². The van der Waals surface area contributed by atoms with Crippen molar-refractivity contribution in [2.45, 2.75) is 26.3 Å². The van der Waals surface area contributed by atoms with Gasteiger partial charge in [-0.15, -0.1) is 0 Å². The molecule has 1 heterocycles. The molecule has 1 saturated heterocycles. The highest BCUT2D eigenvalue weighted by molar-refractivity contribution is 7.91. The number of rotatable bonds is 2. The SMILES string of the molecule is Cc1cc(C)cc(NC2CCS(=O)(=O)C2)c1. The van der Waals surface area contributed by atoms with E-state index in [1.807, 2.05) is 13.8 Å². The lowest BCUT2D eigenvalue weighted by Crippen LogP contribution is -2.20. The van der Waals surface area contributed by atoms with Crippen LogP contribution in [-0.4, -0.2) is 26.0 Å². The summed E-state index contributed by atoms with van der Waals surface area (Å²) in [4.78, 5) is 0. The first-order valence-electron chi connectivity index (χ1n) is 5.50. The second-order valence-corrected chi connectivity index (χ2v) is 6.85. The van der Waals surface area contributed by atoms with Gasteiger partial charge in [-0.05, 0) is 43.5 Å². The van der Waals surface area contributed by atoms with Gasteiger partial charge < -0.3 is 5.32 Å². The molecule has 88 valence electrons. The summed E-state index contributed by atoms with van der Waals surface area (Å²) in [6, 6.07) is 6.29. The Morgan fingerprint density at radius 1 is 1.19 bits per heavy atom. The average Bonchev–Trinajstić information content (AvgIpc) is 2.43. The summed E-state index contributed by atoms with van der Waals surface area (Å²) in [5, 5.41) is 3.30. The minimum atomic E-state index is -2.80. The van der Waals surface area contributed by atoms with Crippen LogP contribution in [0.2, 0.25) is 0 Å². The van der Waals surface area contributed by atoms with Gasteiger partial charge in [-0.2, -0.15) is 0 Å². The van der Waals surface area contributed by atoms with Crippen molar-refractivity contribution in [2.75, 3.05) is 16.8 Å². The van der Waals surface area contributed by atoms with Gasteiger partial charge in [0.25, 0.3) is 0 Å². The lowest BCUT2D eigenvalue weighted by Gasteiger charge is -2.13. The number of hydrogen-bond acceptors (Lipinski definition) is 3. The first kappa shape index (κ1) is 11.5. The molecule has 0 spiro atoms. The van der Waals surface area contributed by atoms with Crippen LogP contribution < -0.4 is 5.32 Å². The molecular weight excluding hydrogens is 222 g/mol. The third-order valence-electron chi connectivity index (χ3n) is 2.82. The van der Waals surface area contributed by atoms with Crippen molar-refractivity contribution >= 4 is 15.5 Å². The quantitative estimate of drug-likeness (QED) is 0.857. The van der Waals surface area contributed by atoms with E-state index in [1.54, 1.807) is 0 Å². The monoisotopic (exact) mass is 239 g/mol. The molecule has 1 aliphatic rings. The fourth-order valence-electron chi connectivity index (χ4n) is 2.20. The summed E-state index contributed by atoms with van der Waals surface area (Å²) in [6.45, 7) is 4.09. The molecule has 16 heavy (non-hydrogen) atoms. The zero-order chi connectivity index (χ0) is 11.8. The summed E-state index contributed by atoms with van der Waals surface area (Å²) in [7, 11) is -2.80. The van der Waals surface area contributed by atoms with E-state index in [-0.39, 0.29) is 11.8 Å². The Morgan fingerprint density at radius 3 is 2.31 bits per heavy atom. The molecule has 2 rings (SSSR count). The van der Waals surface area contributed by atoms with E-state index in [4.69, 9.17) is 0 Å². The highest BCUT2D eigenvalue weighted by Crippen LogP contribution is 2.19. The second kappa shape index (κ2) is 4.09. The van der Waals surface area contributed by atoms with Crippen LogP contribution in [-0.2, 0) is 9.84 Å². The Morgan fingerprint density at radius 2 is 1.81 bits per heavy atom. The molecule has 0 bridgehead atoms. The van der Waals surface area contributed by atoms with Gasteiger partial charge in [-0.25, -0.2) is 8.42 Å². The Bertz CT molecular complexity index is 473. The average molecular weight is 239 g/mol. The molecule has 0 aromatic heterocycles. The number of nitrogens with one attached hydrogen (secondary N) is 1. The van der Waals surface area contributed by atoms with E-state index < -0.39 is 9.84 Å². The molecule has 1 aliphatic heterocycles. The summed E-state index contributed by atoms with van der Waals surface area (Å²) >= 11 is 0. The zero-order valence-electron chi connectivity index (χ0n) is 9.66. The summed E-state index contributed by atoms with van der Waals surface area (Å²) in [5.74, 6) is 0.579. The van der Waals surface area contributed by atoms with Crippen LogP contribution >= 0.6 is 0 Å². The van der Waals surface area contributed by atoms with Gasteiger partial charge >= 0.3 is 0 Å². The molecule has 0 saturated carbocycles. The van der Waals surface area contributed by atoms with Crippen LogP contribution in [0.4, 0.5) is 5.69 Å². The highest BCUT2D eigenvalue weighted by atomic mass is 32.2. The molecule has 1 N–H and O–H groups in total. The molecule has 1 fully saturated rings. The Balaban J connectivity index is 2.10. The van der Waals surface area contributed by atoms with Crippen LogP contribution in [0.25, 0.3) is 0 Å². The zero-order valence-corrected chi connectivity index (χ0v) is 10.5. The maximum atomic E-state index is 11.3. The number of aryl methyl sites for hydroxylation is 2. The van der Waals surface area contributed by atoms with Gasteiger partial charge in [-0.1, -0.05) is 6.07 Å². The molecule has 1 atom stereocenters. The number of hydrogen-bond donors (Lipinski definition) is 1. The third-order valence-corrected chi connectivity index (χ3v) is 4.59. The van der Waals surface area contributed by atoms with Crippen molar-refractivity contribution in [1.29, 1.82) is 0 Å². The molecule has 1 aromatic rings. The molecule has 0 radical (unpaired) electrons. The smallest absolute Gasteiger partial charge is 0.152 e. The van der Waals surface area contributed by atoms with Gasteiger partial charge in [-0.3, -0.25) is 0 Å². The fourth-order valence-corrected chi connectivity index (χ4v) is 3.88. The van der Waals surface area contributed by atoms with E-state index in [9.17, 15) is 8.42 Å². The van der Waals surface area contributed by atoms with Crippen LogP contribution in [0.15, 0.2) is 18.2 Å². The van der Waals surface area contributed by atoms with E-state index in [0.717, 1.165) is 12.1 Å². The normalized spacial score (nSPS) is 23.2. The first-order valence-corrected chi connectivity index (χ1v) is 7.32. The number of benzene rings is 1. The summed E-state index contributed by atoms with van der Waals surface area (Å²) in [5.41, 5.74) is 3.42. The molecule has 3 nitrogen and oxygen atoms in total. The third kappa shape index (κ3) is 2.76. The minimum Gasteiger partial charge on any atom is -0.381 e. The maximum absolute atomic E-state index is 11.3. The van der Waals surface area contributed by atoms with Crippen LogP contribution in [0.1, 0.15) is 17.5 Å². The lowest BCUT2D eigenvalue weighted by molar-refractivity contribution is 0.602. The van der Waals surface area contributed by atoms with Crippen LogP contribution in [0, 0.1) is 13.8 Å². The Labute approximate surface area is 96.8 Å². The first-order chi connectivity index (χ1) is 7.44. The molecular formula is C12H17NO2S. The van der Waals surface area contributed by atoms with Crippen molar-refractivity contribution in [1.82, 2.24) is 0 Å². The van der Waals surface area contributed by atoms with E-state index in [1.165, 1.54) is 11.1 Å². The molecule has 0 amide bonds. The molecule has 1 unspecified atom stereocenters. The predicted octanol–water partition coefficient (Wildman–Crippen LogP) is 1.90. The standard InChI is InChI=1S/C12H17NO2S/c1-9-5-10(2)7-12(6-9)13-11-3-4-16(14,15)8-11/h5-7,11,13H,3-4,8H2,1-2H3. The van der Waals surface area contributed by atoms with Gasteiger partial charge in [0.2, 0.25) is 0 Å². The second-order valence-electron chi connectivity index (χ2n) is 4.62. The van der Waals surface area contributed by atoms with E-state index >= 15 is 0 Å². The maximum Gasteiger partial charge on any atom is 0.152 e. The number of sulfone groups is 1. The van der Waals surface area contributed by atoms with E-state index in [0.29, 0.717) is 5.75 Å². The largest absolute Gasteiger partial charge is 0.381 e. The minimum absolute atomic E-state index is 0.0752. The van der Waals surface area contributed by atoms with Crippen molar-refractivity contribution in [3.8, 4) is 0 Å². The van der Waals surface area contributed by atoms with Crippen molar-refractivity contribution in [3.63, 3.8) is 0 Å². The molecule has 1 aromatic carbocycles. The van der Waals surface area contributed by atoms with Gasteiger partial charge in [0, 0.05) is 11.7 Å². The van der Waals surface area contributed by atoms with E-state index in [2.05, 4.69) is 23.5 Å². The topological polar surface area (TPSA) is 46.2 Å². The van der Waals surface area contributed by atoms with Crippen LogP contribution in [0.5, 0.6) is 0 Å². The van der Waals surface area contributed by atoms with Gasteiger partial charge in [0.05, 0.1) is 11.5 Å². The molecule has 0 aliphatic carbocycles. The van der Waals surface area contributed by atoms with Gasteiger partial charge in [0.15, 0.2) is 9.84 Å². The van der Waals surface area contributed by atoms with Crippen LogP contribution in [0.3, 0.4) is 0 Å². The highest BCUT2D eigenvalue weighted by Gasteiger charge is 2.27. The Kier molecular flexibility index (Phi) is 2.93. The van der Waals surface area contributed by atoms with Crippen molar-refractivity contribution in [2.24, 2.45) is 0 Å². The summed E-state index contributed by atoms with van der Waals surface area (Å²) < 4.78 is 22.7. The predicted molar refractivity (Wildman–Crippen MR) is 66.6 cm³/mol. The number of anilines is 1. The lowest BCUT2D eigenvalue weighted by atomic mass is 10.1. The fraction of sp³-hybridized carbons (Fsp3) is 0.500. The van der Waals surface area contributed by atoms with Gasteiger partial charge in [0.1, 0.15) is 0 Å². The van der Waals surface area contributed by atoms with Crippen molar-refractivity contribution < 1.29 is 8.42 Å². The summed E-state index contributed by atoms with van der Waals surface area (Å²) in [6.07, 6.45) is 0.718. The molecule has 4 heteroatoms. The Hall–Kier alpha value is -1.03.